The fourth-order valence-corrected chi connectivity index (χ4v) is 3.49. The number of hydrogen-bond acceptors (Lipinski definition) is 2. The number of aryl methyl sites for hydroxylation is 1. The highest BCUT2D eigenvalue weighted by Gasteiger charge is 2.12. The second-order valence-electron chi connectivity index (χ2n) is 7.77. The first-order valence-corrected chi connectivity index (χ1v) is 10.7. The van der Waals surface area contributed by atoms with Crippen LogP contribution in [0.1, 0.15) is 42.9 Å². The van der Waals surface area contributed by atoms with Crippen LogP contribution in [0.4, 0.5) is 17.6 Å². The number of nitrogens with zero attached hydrogens (tertiary/aromatic N) is 2. The van der Waals surface area contributed by atoms with Gasteiger partial charge in [0.1, 0.15) is 11.6 Å². The van der Waals surface area contributed by atoms with Crippen molar-refractivity contribution in [3.63, 3.8) is 0 Å². The molecule has 4 rings (SSSR count). The Hall–Kier alpha value is -3.72. The highest BCUT2D eigenvalue weighted by molar-refractivity contribution is 5.84. The molecule has 1 heterocycles. The van der Waals surface area contributed by atoms with Crippen LogP contribution in [-0.4, -0.2) is 9.97 Å². The second-order valence-corrected chi connectivity index (χ2v) is 7.77. The van der Waals surface area contributed by atoms with E-state index in [0.29, 0.717) is 16.3 Å². The van der Waals surface area contributed by atoms with Crippen LogP contribution in [0.25, 0.3) is 22.2 Å². The molecular formula is C27H20F4N2. The largest absolute Gasteiger partial charge is 0.236 e. The summed E-state index contributed by atoms with van der Waals surface area (Å²) in [7, 11) is 0. The molecule has 6 heteroatoms. The van der Waals surface area contributed by atoms with E-state index in [9.17, 15) is 17.6 Å². The van der Waals surface area contributed by atoms with Crippen molar-refractivity contribution in [3.05, 3.63) is 94.8 Å². The molecule has 0 radical (unpaired) electrons. The van der Waals surface area contributed by atoms with Crippen molar-refractivity contribution in [2.45, 2.75) is 32.6 Å². The first kappa shape index (κ1) is 22.5. The topological polar surface area (TPSA) is 25.8 Å². The lowest BCUT2D eigenvalue weighted by Crippen LogP contribution is -1.97. The van der Waals surface area contributed by atoms with E-state index in [-0.39, 0.29) is 17.0 Å². The minimum atomic E-state index is -0.975. The smallest absolute Gasteiger partial charge is 0.159 e. The minimum Gasteiger partial charge on any atom is -0.236 e. The number of rotatable bonds is 5. The van der Waals surface area contributed by atoms with Crippen LogP contribution in [0.5, 0.6) is 0 Å². The lowest BCUT2D eigenvalue weighted by molar-refractivity contribution is 0.511. The van der Waals surface area contributed by atoms with Crippen LogP contribution in [0.15, 0.2) is 54.9 Å². The SMILES string of the molecule is CCCCCc1cnc(-c2cc(F)c(C#Cc3ccc4cc(F)c(F)cc4c3)c(F)c2)nc1. The summed E-state index contributed by atoms with van der Waals surface area (Å²) in [4.78, 5) is 8.48. The molecule has 0 aliphatic carbocycles. The molecule has 1 aromatic heterocycles. The molecule has 4 aromatic rings. The van der Waals surface area contributed by atoms with E-state index in [2.05, 4.69) is 28.7 Å². The zero-order chi connectivity index (χ0) is 23.4. The number of aromatic nitrogens is 2. The van der Waals surface area contributed by atoms with Crippen molar-refractivity contribution in [2.75, 3.05) is 0 Å². The summed E-state index contributed by atoms with van der Waals surface area (Å²) < 4.78 is 56.1. The van der Waals surface area contributed by atoms with Gasteiger partial charge in [-0.05, 0) is 65.6 Å². The Balaban J connectivity index is 1.58. The molecule has 0 N–H and O–H groups in total. The maximum Gasteiger partial charge on any atom is 0.159 e. The Bertz CT molecular complexity index is 1350. The van der Waals surface area contributed by atoms with E-state index in [1.54, 1.807) is 24.5 Å². The summed E-state index contributed by atoms with van der Waals surface area (Å²) in [5, 5.41) is 0.935. The molecule has 0 saturated heterocycles. The summed E-state index contributed by atoms with van der Waals surface area (Å²) in [5.41, 5.74) is 1.23. The number of benzene rings is 3. The van der Waals surface area contributed by atoms with Crippen LogP contribution in [0.3, 0.4) is 0 Å². The van der Waals surface area contributed by atoms with Gasteiger partial charge in [-0.3, -0.25) is 0 Å². The predicted octanol–water partition coefficient (Wildman–Crippen LogP) is 6.99. The average molecular weight is 448 g/mol. The maximum absolute atomic E-state index is 14.6. The summed E-state index contributed by atoms with van der Waals surface area (Å²) in [6.07, 6.45) is 7.49. The van der Waals surface area contributed by atoms with Crippen molar-refractivity contribution in [1.82, 2.24) is 9.97 Å². The standard InChI is InChI=1S/C27H20F4N2/c1-2-3-4-5-18-15-32-27(33-16-18)21-13-23(28)22(24(29)14-21)9-7-17-6-8-19-11-25(30)26(31)12-20(19)10-17/h6,8,10-16H,2-5H2,1H3. The second kappa shape index (κ2) is 9.83. The quantitative estimate of drug-likeness (QED) is 0.187. The fourth-order valence-electron chi connectivity index (χ4n) is 3.49. The fraction of sp³-hybridized carbons (Fsp3) is 0.185. The Morgan fingerprint density at radius 3 is 2.06 bits per heavy atom. The number of fused-ring (bicyclic) bond motifs is 1. The molecule has 0 atom stereocenters. The van der Waals surface area contributed by atoms with Gasteiger partial charge >= 0.3 is 0 Å². The number of unbranched alkanes of at least 4 members (excludes halogenated alkanes) is 2. The van der Waals surface area contributed by atoms with Crippen LogP contribution in [-0.2, 0) is 6.42 Å². The van der Waals surface area contributed by atoms with Gasteiger partial charge in [-0.15, -0.1) is 0 Å². The molecule has 33 heavy (non-hydrogen) atoms. The minimum absolute atomic E-state index is 0.221. The third kappa shape index (κ3) is 5.20. The molecule has 0 aliphatic rings. The van der Waals surface area contributed by atoms with Gasteiger partial charge in [0.15, 0.2) is 17.5 Å². The molecule has 0 unspecified atom stereocenters. The molecule has 0 spiro atoms. The van der Waals surface area contributed by atoms with E-state index in [4.69, 9.17) is 0 Å². The third-order valence-corrected chi connectivity index (χ3v) is 5.29. The van der Waals surface area contributed by atoms with E-state index < -0.39 is 23.3 Å². The van der Waals surface area contributed by atoms with E-state index >= 15 is 0 Å². The molecular weight excluding hydrogens is 428 g/mol. The van der Waals surface area contributed by atoms with Gasteiger partial charge in [-0.1, -0.05) is 37.7 Å². The molecule has 3 aromatic carbocycles. The summed E-state index contributed by atoms with van der Waals surface area (Å²) in [5.74, 6) is 1.83. The molecule has 0 bridgehead atoms. The summed E-state index contributed by atoms with van der Waals surface area (Å²) in [6.45, 7) is 2.13. The van der Waals surface area contributed by atoms with Gasteiger partial charge in [-0.25, -0.2) is 27.5 Å². The molecule has 2 nitrogen and oxygen atoms in total. The Labute approximate surface area is 189 Å². The highest BCUT2D eigenvalue weighted by atomic mass is 19.2. The number of halogens is 4. The average Bonchev–Trinajstić information content (AvgIpc) is 2.80. The molecule has 0 fully saturated rings. The van der Waals surface area contributed by atoms with Gasteiger partial charge < -0.3 is 0 Å². The summed E-state index contributed by atoms with van der Waals surface area (Å²) >= 11 is 0. The van der Waals surface area contributed by atoms with E-state index in [0.717, 1.165) is 55.5 Å². The maximum atomic E-state index is 14.6. The lowest BCUT2D eigenvalue weighted by Gasteiger charge is -2.05. The monoisotopic (exact) mass is 448 g/mol. The predicted molar refractivity (Wildman–Crippen MR) is 120 cm³/mol. The Kier molecular flexibility index (Phi) is 6.69. The van der Waals surface area contributed by atoms with Crippen molar-refractivity contribution < 1.29 is 17.6 Å². The Morgan fingerprint density at radius 1 is 0.727 bits per heavy atom. The van der Waals surface area contributed by atoms with Gasteiger partial charge in [0.05, 0.1) is 5.56 Å². The molecule has 0 amide bonds. The van der Waals surface area contributed by atoms with Crippen molar-refractivity contribution >= 4 is 10.8 Å². The normalized spacial score (nSPS) is 10.8. The zero-order valence-corrected chi connectivity index (χ0v) is 17.9. The van der Waals surface area contributed by atoms with Crippen LogP contribution in [0, 0.1) is 35.1 Å². The molecule has 166 valence electrons. The molecule has 0 saturated carbocycles. The van der Waals surface area contributed by atoms with E-state index in [1.807, 2.05) is 0 Å². The first-order chi connectivity index (χ1) is 15.9. The number of hydrogen-bond donors (Lipinski definition) is 0. The molecule has 0 aliphatic heterocycles. The van der Waals surface area contributed by atoms with Crippen LogP contribution < -0.4 is 0 Å². The van der Waals surface area contributed by atoms with Crippen molar-refractivity contribution in [3.8, 4) is 23.2 Å². The zero-order valence-electron chi connectivity index (χ0n) is 17.9. The van der Waals surface area contributed by atoms with E-state index in [1.165, 1.54) is 6.07 Å². The third-order valence-electron chi connectivity index (χ3n) is 5.29. The van der Waals surface area contributed by atoms with Gasteiger partial charge in [-0.2, -0.15) is 0 Å². The highest BCUT2D eigenvalue weighted by Crippen LogP contribution is 2.23. The van der Waals surface area contributed by atoms with Gasteiger partial charge in [0, 0.05) is 23.5 Å². The first-order valence-electron chi connectivity index (χ1n) is 10.7. The Morgan fingerprint density at radius 2 is 1.39 bits per heavy atom. The lowest BCUT2D eigenvalue weighted by atomic mass is 10.1. The van der Waals surface area contributed by atoms with Gasteiger partial charge in [0.25, 0.3) is 0 Å². The van der Waals surface area contributed by atoms with Crippen molar-refractivity contribution in [2.24, 2.45) is 0 Å². The van der Waals surface area contributed by atoms with Crippen LogP contribution >= 0.6 is 0 Å². The van der Waals surface area contributed by atoms with Crippen LogP contribution in [0.2, 0.25) is 0 Å². The summed E-state index contributed by atoms with van der Waals surface area (Å²) in [6, 6.07) is 9.12. The van der Waals surface area contributed by atoms with Crippen molar-refractivity contribution in [1.29, 1.82) is 0 Å². The van der Waals surface area contributed by atoms with Gasteiger partial charge in [0.2, 0.25) is 0 Å².